The molecule has 2 heterocycles. The van der Waals surface area contributed by atoms with Crippen LogP contribution in [0.25, 0.3) is 22.2 Å². The second kappa shape index (κ2) is 3.69. The molecule has 0 aliphatic heterocycles. The fraction of sp³-hybridized carbons (Fsp3) is 0.0833. The number of nitrogens with zero attached hydrogens (tertiary/aromatic N) is 2. The van der Waals surface area contributed by atoms with Gasteiger partial charge < -0.3 is 9.63 Å². The van der Waals surface area contributed by atoms with Crippen molar-refractivity contribution in [2.45, 2.75) is 6.92 Å². The number of carboxylic acid groups (broad SMARTS) is 1. The molecule has 0 amide bonds. The second-order valence-electron chi connectivity index (χ2n) is 3.96. The van der Waals surface area contributed by atoms with Gasteiger partial charge in [-0.15, -0.1) is 0 Å². The molecule has 2 aromatic heterocycles. The van der Waals surface area contributed by atoms with Gasteiger partial charge in [-0.3, -0.25) is 5.10 Å². The summed E-state index contributed by atoms with van der Waals surface area (Å²) >= 11 is 0. The number of carboxylic acids is 1. The zero-order chi connectivity index (χ0) is 12.7. The number of aromatic nitrogens is 3. The number of benzene rings is 1. The van der Waals surface area contributed by atoms with Gasteiger partial charge in [0.25, 0.3) is 0 Å². The number of hydrogen-bond donors (Lipinski definition) is 2. The third-order valence-electron chi connectivity index (χ3n) is 2.76. The first-order chi connectivity index (χ1) is 8.65. The summed E-state index contributed by atoms with van der Waals surface area (Å²) in [6, 6.07) is 6.98. The molecule has 2 N–H and O–H groups in total. The normalized spacial score (nSPS) is 10.9. The summed E-state index contributed by atoms with van der Waals surface area (Å²) in [5, 5.41) is 20.5. The lowest BCUT2D eigenvalue weighted by Gasteiger charge is -1.95. The number of carbonyl (C=O) groups is 1. The number of aromatic amines is 1. The van der Waals surface area contributed by atoms with E-state index in [2.05, 4.69) is 15.4 Å². The van der Waals surface area contributed by atoms with Crippen LogP contribution in [0.15, 0.2) is 28.8 Å². The Hall–Kier alpha value is -2.63. The highest BCUT2D eigenvalue weighted by Crippen LogP contribution is 2.24. The maximum absolute atomic E-state index is 10.7. The first-order valence-electron chi connectivity index (χ1n) is 5.30. The summed E-state index contributed by atoms with van der Waals surface area (Å²) in [7, 11) is 0. The predicted octanol–water partition coefficient (Wildman–Crippen LogP) is 2.22. The van der Waals surface area contributed by atoms with Gasteiger partial charge in [0.15, 0.2) is 0 Å². The summed E-state index contributed by atoms with van der Waals surface area (Å²) < 4.78 is 4.73. The van der Waals surface area contributed by atoms with E-state index in [0.29, 0.717) is 5.69 Å². The predicted molar refractivity (Wildman–Crippen MR) is 63.3 cm³/mol. The van der Waals surface area contributed by atoms with Gasteiger partial charge in [0.1, 0.15) is 5.69 Å². The Balaban J connectivity index is 2.12. The van der Waals surface area contributed by atoms with Crippen LogP contribution >= 0.6 is 0 Å². The molecule has 0 unspecified atom stereocenters. The van der Waals surface area contributed by atoms with E-state index in [1.54, 1.807) is 0 Å². The standard InChI is InChI=1S/C12H9N3O3/c1-6-8-4-7(2-3-9(8)14-13-6)10-5-11(12(16)17)18-15-10/h2-5H,1H3,(H,13,14)(H,16,17). The van der Waals surface area contributed by atoms with Crippen molar-refractivity contribution in [3.63, 3.8) is 0 Å². The Morgan fingerprint density at radius 3 is 2.94 bits per heavy atom. The molecule has 6 nitrogen and oxygen atoms in total. The molecule has 3 aromatic rings. The highest BCUT2D eigenvalue weighted by atomic mass is 16.5. The Kier molecular flexibility index (Phi) is 2.16. The minimum atomic E-state index is -1.13. The lowest BCUT2D eigenvalue weighted by Crippen LogP contribution is -1.91. The Morgan fingerprint density at radius 2 is 2.22 bits per heavy atom. The third kappa shape index (κ3) is 1.55. The van der Waals surface area contributed by atoms with Gasteiger partial charge in [-0.1, -0.05) is 11.2 Å². The molecule has 0 saturated carbocycles. The highest BCUT2D eigenvalue weighted by Gasteiger charge is 2.13. The number of hydrogen-bond acceptors (Lipinski definition) is 4. The second-order valence-corrected chi connectivity index (χ2v) is 3.96. The van der Waals surface area contributed by atoms with Gasteiger partial charge >= 0.3 is 5.97 Å². The molecule has 18 heavy (non-hydrogen) atoms. The fourth-order valence-electron chi connectivity index (χ4n) is 1.81. The number of nitrogens with one attached hydrogen (secondary N) is 1. The molecular weight excluding hydrogens is 234 g/mol. The molecule has 0 radical (unpaired) electrons. The van der Waals surface area contributed by atoms with Gasteiger partial charge in [0.05, 0.1) is 5.52 Å². The quantitative estimate of drug-likeness (QED) is 0.720. The molecule has 0 aliphatic carbocycles. The van der Waals surface area contributed by atoms with Crippen molar-refractivity contribution in [1.82, 2.24) is 15.4 Å². The van der Waals surface area contributed by atoms with Crippen LogP contribution in [0.4, 0.5) is 0 Å². The number of aromatic carboxylic acids is 1. The maximum atomic E-state index is 10.7. The van der Waals surface area contributed by atoms with Crippen LogP contribution in [0, 0.1) is 6.92 Å². The van der Waals surface area contributed by atoms with E-state index < -0.39 is 5.97 Å². The summed E-state index contributed by atoms with van der Waals surface area (Å²) in [5.41, 5.74) is 3.10. The number of aryl methyl sites for hydroxylation is 1. The zero-order valence-corrected chi connectivity index (χ0v) is 9.47. The SMILES string of the molecule is Cc1[nH]nc2ccc(-c3cc(C(=O)O)on3)cc12. The van der Waals surface area contributed by atoms with Crippen LogP contribution in [0.5, 0.6) is 0 Å². The molecule has 0 fully saturated rings. The molecule has 6 heteroatoms. The smallest absolute Gasteiger partial charge is 0.374 e. The molecule has 90 valence electrons. The molecule has 0 aliphatic rings. The average molecular weight is 243 g/mol. The number of H-pyrrole nitrogens is 1. The van der Waals surface area contributed by atoms with Crippen molar-refractivity contribution in [3.05, 3.63) is 35.7 Å². The van der Waals surface area contributed by atoms with Crippen LogP contribution in [0.3, 0.4) is 0 Å². The lowest BCUT2D eigenvalue weighted by atomic mass is 10.1. The summed E-state index contributed by atoms with van der Waals surface area (Å²) in [6.45, 7) is 1.92. The average Bonchev–Trinajstić information content (AvgIpc) is 2.96. The topological polar surface area (TPSA) is 92.0 Å². The van der Waals surface area contributed by atoms with Crippen LogP contribution in [-0.2, 0) is 0 Å². The fourth-order valence-corrected chi connectivity index (χ4v) is 1.81. The van der Waals surface area contributed by atoms with Crippen LogP contribution in [-0.4, -0.2) is 26.4 Å². The number of fused-ring (bicyclic) bond motifs is 1. The van der Waals surface area contributed by atoms with Gasteiger partial charge in [0, 0.05) is 22.7 Å². The van der Waals surface area contributed by atoms with Crippen molar-refractivity contribution in [1.29, 1.82) is 0 Å². The molecule has 3 rings (SSSR count). The molecule has 0 saturated heterocycles. The Labute approximate surface area is 101 Å². The van der Waals surface area contributed by atoms with Crippen molar-refractivity contribution in [3.8, 4) is 11.3 Å². The summed E-state index contributed by atoms with van der Waals surface area (Å²) in [4.78, 5) is 10.7. The van der Waals surface area contributed by atoms with Gasteiger partial charge in [-0.25, -0.2) is 4.79 Å². The highest BCUT2D eigenvalue weighted by molar-refractivity contribution is 5.88. The minimum absolute atomic E-state index is 0.172. The van der Waals surface area contributed by atoms with Crippen LogP contribution in [0.2, 0.25) is 0 Å². The van der Waals surface area contributed by atoms with E-state index >= 15 is 0 Å². The minimum Gasteiger partial charge on any atom is -0.475 e. The van der Waals surface area contributed by atoms with E-state index in [9.17, 15) is 4.79 Å². The maximum Gasteiger partial charge on any atom is 0.374 e. The first kappa shape index (κ1) is 10.5. The largest absolute Gasteiger partial charge is 0.475 e. The molecule has 0 atom stereocenters. The Bertz CT molecular complexity index is 742. The van der Waals surface area contributed by atoms with E-state index in [4.69, 9.17) is 9.63 Å². The van der Waals surface area contributed by atoms with Crippen molar-refractivity contribution < 1.29 is 14.4 Å². The van der Waals surface area contributed by atoms with Gasteiger partial charge in [-0.2, -0.15) is 5.10 Å². The van der Waals surface area contributed by atoms with Crippen molar-refractivity contribution in [2.75, 3.05) is 0 Å². The van der Waals surface area contributed by atoms with Gasteiger partial charge in [0.2, 0.25) is 5.76 Å². The van der Waals surface area contributed by atoms with Crippen LogP contribution in [0.1, 0.15) is 16.2 Å². The Morgan fingerprint density at radius 1 is 1.39 bits per heavy atom. The molecule has 1 aromatic carbocycles. The van der Waals surface area contributed by atoms with Crippen LogP contribution < -0.4 is 0 Å². The van der Waals surface area contributed by atoms with E-state index in [-0.39, 0.29) is 5.76 Å². The molecule has 0 spiro atoms. The van der Waals surface area contributed by atoms with E-state index in [1.807, 2.05) is 25.1 Å². The van der Waals surface area contributed by atoms with E-state index in [1.165, 1.54) is 6.07 Å². The van der Waals surface area contributed by atoms with Crippen molar-refractivity contribution in [2.24, 2.45) is 0 Å². The monoisotopic (exact) mass is 243 g/mol. The van der Waals surface area contributed by atoms with E-state index in [0.717, 1.165) is 22.2 Å². The first-order valence-corrected chi connectivity index (χ1v) is 5.30. The lowest BCUT2D eigenvalue weighted by molar-refractivity contribution is 0.0652. The molecular formula is C12H9N3O3. The third-order valence-corrected chi connectivity index (χ3v) is 2.76. The summed E-state index contributed by atoms with van der Waals surface area (Å²) in [6.07, 6.45) is 0. The molecule has 0 bridgehead atoms. The van der Waals surface area contributed by atoms with Crippen molar-refractivity contribution >= 4 is 16.9 Å². The zero-order valence-electron chi connectivity index (χ0n) is 9.47. The number of rotatable bonds is 2. The summed E-state index contributed by atoms with van der Waals surface area (Å²) in [5.74, 6) is -1.30. The van der Waals surface area contributed by atoms with Gasteiger partial charge in [-0.05, 0) is 19.1 Å².